The number of benzene rings is 1. The topological polar surface area (TPSA) is 69.6 Å². The van der Waals surface area contributed by atoms with E-state index in [2.05, 4.69) is 5.32 Å². The number of hydrogen-bond acceptors (Lipinski definition) is 2. The van der Waals surface area contributed by atoms with Gasteiger partial charge in [-0.25, -0.2) is 9.18 Å². The molecule has 1 aromatic carbocycles. The summed E-state index contributed by atoms with van der Waals surface area (Å²) in [5.74, 6) is -0.650. The number of nitrogens with zero attached hydrogens (tertiary/aromatic N) is 1. The van der Waals surface area contributed by atoms with E-state index in [1.807, 2.05) is 0 Å². The summed E-state index contributed by atoms with van der Waals surface area (Å²) in [6.45, 7) is 1.50. The SMILES string of the molecule is O=C(O)CCNC(=O)N1CCC(Cc2ccc(F)cc2)CC1. The Kier molecular flexibility index (Phi) is 5.75. The standard InChI is InChI=1S/C16H21FN2O3/c17-14-3-1-12(2-4-14)11-13-6-9-19(10-7-13)16(22)18-8-5-15(20)21/h1-4,13H,5-11H2,(H,18,22)(H,20,21). The first-order chi connectivity index (χ1) is 10.5. The molecule has 0 radical (unpaired) electrons. The maximum atomic E-state index is 12.9. The lowest BCUT2D eigenvalue weighted by Crippen LogP contribution is -2.45. The van der Waals surface area contributed by atoms with Crippen molar-refractivity contribution < 1.29 is 19.1 Å². The van der Waals surface area contributed by atoms with Crippen LogP contribution in [0.25, 0.3) is 0 Å². The Morgan fingerprint density at radius 1 is 1.23 bits per heavy atom. The molecule has 2 rings (SSSR count). The number of carbonyl (C=O) groups is 2. The lowest BCUT2D eigenvalue weighted by molar-refractivity contribution is -0.136. The van der Waals surface area contributed by atoms with E-state index >= 15 is 0 Å². The monoisotopic (exact) mass is 308 g/mol. The van der Waals surface area contributed by atoms with Gasteiger partial charge in [-0.1, -0.05) is 12.1 Å². The Morgan fingerprint density at radius 2 is 1.86 bits per heavy atom. The number of urea groups is 1. The quantitative estimate of drug-likeness (QED) is 0.876. The molecule has 0 aliphatic carbocycles. The number of carboxylic acids is 1. The van der Waals surface area contributed by atoms with Crippen molar-refractivity contribution in [1.29, 1.82) is 0 Å². The van der Waals surface area contributed by atoms with Crippen molar-refractivity contribution in [2.75, 3.05) is 19.6 Å². The normalized spacial score (nSPS) is 15.6. The molecular formula is C16H21FN2O3. The van der Waals surface area contributed by atoms with Crippen molar-refractivity contribution in [3.05, 3.63) is 35.6 Å². The zero-order chi connectivity index (χ0) is 15.9. The fourth-order valence-corrected chi connectivity index (χ4v) is 2.68. The molecule has 1 aliphatic heterocycles. The molecule has 1 saturated heterocycles. The maximum Gasteiger partial charge on any atom is 0.317 e. The lowest BCUT2D eigenvalue weighted by Gasteiger charge is -2.32. The molecule has 1 heterocycles. The molecule has 0 spiro atoms. The molecule has 1 aliphatic rings. The van der Waals surface area contributed by atoms with E-state index in [-0.39, 0.29) is 24.8 Å². The third kappa shape index (κ3) is 5.02. The zero-order valence-electron chi connectivity index (χ0n) is 12.4. The molecule has 2 amide bonds. The molecule has 1 aromatic rings. The van der Waals surface area contributed by atoms with E-state index in [9.17, 15) is 14.0 Å². The average molecular weight is 308 g/mol. The van der Waals surface area contributed by atoms with Gasteiger partial charge in [0.2, 0.25) is 0 Å². The van der Waals surface area contributed by atoms with Gasteiger partial charge in [0.25, 0.3) is 0 Å². The van der Waals surface area contributed by atoms with Crippen LogP contribution in [0.1, 0.15) is 24.8 Å². The van der Waals surface area contributed by atoms with Crippen molar-refractivity contribution in [3.8, 4) is 0 Å². The second-order valence-corrected chi connectivity index (χ2v) is 5.64. The number of carbonyl (C=O) groups excluding carboxylic acids is 1. The van der Waals surface area contributed by atoms with Gasteiger partial charge in [-0.15, -0.1) is 0 Å². The number of rotatable bonds is 5. The third-order valence-corrected chi connectivity index (χ3v) is 3.95. The number of carboxylic acid groups (broad SMARTS) is 1. The molecule has 0 aromatic heterocycles. The summed E-state index contributed by atoms with van der Waals surface area (Å²) in [4.78, 5) is 24.0. The van der Waals surface area contributed by atoms with Gasteiger partial charge in [-0.2, -0.15) is 0 Å². The van der Waals surface area contributed by atoms with Crippen LogP contribution in [0.2, 0.25) is 0 Å². The predicted octanol–water partition coefficient (Wildman–Crippen LogP) is 2.26. The van der Waals surface area contributed by atoms with Gasteiger partial charge in [0.05, 0.1) is 6.42 Å². The molecule has 0 atom stereocenters. The van der Waals surface area contributed by atoms with Gasteiger partial charge >= 0.3 is 12.0 Å². The van der Waals surface area contributed by atoms with Crippen molar-refractivity contribution in [1.82, 2.24) is 10.2 Å². The van der Waals surface area contributed by atoms with E-state index in [0.717, 1.165) is 24.8 Å². The highest BCUT2D eigenvalue weighted by Crippen LogP contribution is 2.21. The predicted molar refractivity (Wildman–Crippen MR) is 80.1 cm³/mol. The largest absolute Gasteiger partial charge is 0.481 e. The Hall–Kier alpha value is -2.11. The van der Waals surface area contributed by atoms with Crippen molar-refractivity contribution in [3.63, 3.8) is 0 Å². The first-order valence-corrected chi connectivity index (χ1v) is 7.53. The van der Waals surface area contributed by atoms with Crippen molar-refractivity contribution >= 4 is 12.0 Å². The van der Waals surface area contributed by atoms with E-state index in [4.69, 9.17) is 5.11 Å². The first-order valence-electron chi connectivity index (χ1n) is 7.53. The molecule has 1 fully saturated rings. The minimum absolute atomic E-state index is 0.0627. The number of amides is 2. The van der Waals surface area contributed by atoms with E-state index in [1.165, 1.54) is 12.1 Å². The fourth-order valence-electron chi connectivity index (χ4n) is 2.68. The molecule has 0 bridgehead atoms. The Bertz CT molecular complexity index is 511. The lowest BCUT2D eigenvalue weighted by atomic mass is 9.90. The molecule has 0 unspecified atom stereocenters. The fraction of sp³-hybridized carbons (Fsp3) is 0.500. The maximum absolute atomic E-state index is 12.9. The third-order valence-electron chi connectivity index (χ3n) is 3.95. The van der Waals surface area contributed by atoms with Crippen LogP contribution >= 0.6 is 0 Å². The highest BCUT2D eigenvalue weighted by Gasteiger charge is 2.22. The van der Waals surface area contributed by atoms with Crippen LogP contribution < -0.4 is 5.32 Å². The van der Waals surface area contributed by atoms with E-state index in [1.54, 1.807) is 17.0 Å². The van der Waals surface area contributed by atoms with E-state index < -0.39 is 5.97 Å². The van der Waals surface area contributed by atoms with E-state index in [0.29, 0.717) is 19.0 Å². The number of halogens is 1. The molecule has 5 nitrogen and oxygen atoms in total. The van der Waals surface area contributed by atoms with Crippen LogP contribution in [0.5, 0.6) is 0 Å². The van der Waals surface area contributed by atoms with Crippen LogP contribution in [-0.4, -0.2) is 41.6 Å². The summed E-state index contributed by atoms with van der Waals surface area (Å²) in [6.07, 6.45) is 2.65. The van der Waals surface area contributed by atoms with Crippen LogP contribution in [-0.2, 0) is 11.2 Å². The first kappa shape index (κ1) is 16.3. The van der Waals surface area contributed by atoms with Gasteiger partial charge in [0, 0.05) is 19.6 Å². The second kappa shape index (κ2) is 7.77. The van der Waals surface area contributed by atoms with Crippen LogP contribution in [0.3, 0.4) is 0 Å². The van der Waals surface area contributed by atoms with Gasteiger partial charge in [0.1, 0.15) is 5.82 Å². The second-order valence-electron chi connectivity index (χ2n) is 5.64. The summed E-state index contributed by atoms with van der Waals surface area (Å²) >= 11 is 0. The van der Waals surface area contributed by atoms with Gasteiger partial charge in [0.15, 0.2) is 0 Å². The smallest absolute Gasteiger partial charge is 0.317 e. The Balaban J connectivity index is 1.72. The average Bonchev–Trinajstić information content (AvgIpc) is 2.50. The minimum atomic E-state index is -0.918. The Labute approximate surface area is 129 Å². The number of aliphatic carboxylic acids is 1. The van der Waals surface area contributed by atoms with Crippen molar-refractivity contribution in [2.45, 2.75) is 25.7 Å². The van der Waals surface area contributed by atoms with Crippen LogP contribution in [0, 0.1) is 11.7 Å². The van der Waals surface area contributed by atoms with Crippen molar-refractivity contribution in [2.24, 2.45) is 5.92 Å². The molecule has 120 valence electrons. The van der Waals surface area contributed by atoms with Gasteiger partial charge in [-0.3, -0.25) is 4.79 Å². The summed E-state index contributed by atoms with van der Waals surface area (Å²) in [7, 11) is 0. The summed E-state index contributed by atoms with van der Waals surface area (Å²) in [6, 6.07) is 6.36. The molecule has 0 saturated carbocycles. The number of hydrogen-bond donors (Lipinski definition) is 2. The van der Waals surface area contributed by atoms with Crippen LogP contribution in [0.4, 0.5) is 9.18 Å². The highest BCUT2D eigenvalue weighted by atomic mass is 19.1. The zero-order valence-corrected chi connectivity index (χ0v) is 12.4. The Morgan fingerprint density at radius 3 is 2.45 bits per heavy atom. The van der Waals surface area contributed by atoms with Gasteiger partial charge in [-0.05, 0) is 42.9 Å². The summed E-state index contributed by atoms with van der Waals surface area (Å²) in [5, 5.41) is 11.2. The molecular weight excluding hydrogens is 287 g/mol. The van der Waals surface area contributed by atoms with Gasteiger partial charge < -0.3 is 15.3 Å². The highest BCUT2D eigenvalue weighted by molar-refractivity contribution is 5.75. The minimum Gasteiger partial charge on any atom is -0.481 e. The number of likely N-dealkylation sites (tertiary alicyclic amines) is 1. The summed E-state index contributed by atoms with van der Waals surface area (Å²) < 4.78 is 12.9. The number of nitrogens with one attached hydrogen (secondary N) is 1. The van der Waals surface area contributed by atoms with Crippen LogP contribution in [0.15, 0.2) is 24.3 Å². The molecule has 6 heteroatoms. The number of piperidine rings is 1. The molecule has 2 N–H and O–H groups in total. The molecule has 22 heavy (non-hydrogen) atoms. The summed E-state index contributed by atoms with van der Waals surface area (Å²) in [5.41, 5.74) is 1.12.